The number of nitrogens with one attached hydrogen (secondary N) is 1. The van der Waals surface area contributed by atoms with Gasteiger partial charge < -0.3 is 30.7 Å². The molecule has 63 heavy (non-hydrogen) atoms. The molecule has 2 atom stereocenters. The highest BCUT2D eigenvalue weighted by Crippen LogP contribution is 2.36. The number of nitriles is 2. The van der Waals surface area contributed by atoms with Crippen LogP contribution in [0.1, 0.15) is 89.2 Å². The summed E-state index contributed by atoms with van der Waals surface area (Å²) in [5.74, 6) is 3.71. The van der Waals surface area contributed by atoms with E-state index < -0.39 is 0 Å². The Labute approximate surface area is 373 Å². The summed E-state index contributed by atoms with van der Waals surface area (Å²) < 4.78 is 3.38. The van der Waals surface area contributed by atoms with Gasteiger partial charge in [0, 0.05) is 102 Å². The van der Waals surface area contributed by atoms with Gasteiger partial charge in [-0.05, 0) is 71.6 Å². The number of nitrogens with two attached hydrogens (primary N) is 1. The van der Waals surface area contributed by atoms with E-state index in [1.165, 1.54) is 25.7 Å². The van der Waals surface area contributed by atoms with E-state index in [0.717, 1.165) is 49.7 Å². The number of anilines is 3. The van der Waals surface area contributed by atoms with Crippen LogP contribution in [0.2, 0.25) is 5.15 Å². The van der Waals surface area contributed by atoms with E-state index in [2.05, 4.69) is 49.4 Å². The monoisotopic (exact) mass is 876 g/mol. The molecule has 10 rings (SSSR count). The first-order valence-electron chi connectivity index (χ1n) is 22.3. The molecule has 6 heterocycles. The summed E-state index contributed by atoms with van der Waals surface area (Å²) in [5, 5.41) is 31.6. The number of aromatic nitrogens is 8. The van der Waals surface area contributed by atoms with Gasteiger partial charge in [0.15, 0.2) is 34.3 Å². The Balaban J connectivity index is 0.000000157. The molecule has 4 aromatic rings. The van der Waals surface area contributed by atoms with Gasteiger partial charge in [-0.25, -0.2) is 19.9 Å². The molecule has 2 aliphatic heterocycles. The average Bonchev–Trinajstić information content (AvgIpc) is 4.19. The van der Waals surface area contributed by atoms with E-state index in [4.69, 9.17) is 27.3 Å². The van der Waals surface area contributed by atoms with Crippen molar-refractivity contribution in [1.29, 1.82) is 10.5 Å². The average molecular weight is 878 g/mol. The van der Waals surface area contributed by atoms with Crippen LogP contribution in [0.5, 0.6) is 0 Å². The molecule has 332 valence electrons. The summed E-state index contributed by atoms with van der Waals surface area (Å²) >= 11 is 6.28. The number of carbonyl (C=O) groups excluding carboxylic acids is 2. The van der Waals surface area contributed by atoms with Crippen molar-refractivity contribution < 1.29 is 9.59 Å². The fourth-order valence-electron chi connectivity index (χ4n) is 8.23. The van der Waals surface area contributed by atoms with Gasteiger partial charge in [-0.2, -0.15) is 20.7 Å². The molecule has 19 heteroatoms. The number of amides is 2. The van der Waals surface area contributed by atoms with E-state index in [9.17, 15) is 20.1 Å². The number of nitrogens with zero attached hydrogens (tertiary/aromatic N) is 14. The van der Waals surface area contributed by atoms with Gasteiger partial charge in [-0.15, -0.1) is 0 Å². The van der Waals surface area contributed by atoms with Crippen LogP contribution in [-0.2, 0) is 23.7 Å². The molecule has 6 aliphatic rings. The maximum absolute atomic E-state index is 12.6. The minimum absolute atomic E-state index is 0.0500. The molecule has 2 saturated heterocycles. The third-order valence-electron chi connectivity index (χ3n) is 12.8. The lowest BCUT2D eigenvalue weighted by molar-refractivity contribution is -0.135. The molecule has 0 radical (unpaired) electrons. The lowest BCUT2D eigenvalue weighted by Crippen LogP contribution is -2.55. The SMILES string of the molecule is C[C@@H]1CN(c2nc(-c3cnn(C)c3)nc(Cl)c2C#N)CCN1C(=O)C1CC1.C[C@@H]1CN(c2nc(-c3cnn(C)c3)nc(NC3CCC3)c2C#N)CCN1C(=O)C1CC1.NC1CCC1. The summed E-state index contributed by atoms with van der Waals surface area (Å²) in [6.07, 6.45) is 18.4. The zero-order chi connectivity index (χ0) is 44.4. The second kappa shape index (κ2) is 18.9. The Morgan fingerprint density at radius 2 is 1.16 bits per heavy atom. The smallest absolute Gasteiger partial charge is 0.226 e. The number of aryl methyl sites for hydroxylation is 2. The third kappa shape index (κ3) is 10.0. The van der Waals surface area contributed by atoms with Gasteiger partial charge in [-0.3, -0.25) is 19.0 Å². The molecule has 2 amide bonds. The van der Waals surface area contributed by atoms with Crippen molar-refractivity contribution in [3.63, 3.8) is 0 Å². The highest BCUT2D eigenvalue weighted by atomic mass is 35.5. The van der Waals surface area contributed by atoms with Gasteiger partial charge in [-0.1, -0.05) is 18.0 Å². The number of hydrogen-bond donors (Lipinski definition) is 2. The Morgan fingerprint density at radius 3 is 1.52 bits per heavy atom. The molecule has 18 nitrogen and oxygen atoms in total. The molecular formula is C44H57ClN16O2. The summed E-state index contributed by atoms with van der Waals surface area (Å²) in [4.78, 5) is 51.5. The van der Waals surface area contributed by atoms with Crippen molar-refractivity contribution in [2.75, 3.05) is 54.4 Å². The minimum Gasteiger partial charge on any atom is -0.366 e. The van der Waals surface area contributed by atoms with E-state index >= 15 is 0 Å². The standard InChI is InChI=1S/C22H28N8O.C18H20ClN7O.C4H9N/c1-14-12-29(8-9-30(14)22(31)15-6-7-15)21-18(10-23)20(25-17-4-3-5-17)26-19(27-21)16-11-24-28(2)13-16;1-11-9-25(5-6-26(11)18(27)12-3-4-12)17-14(7-20)15(19)22-16(23-17)13-8-21-24(2)10-13;5-4-2-1-3-4/h11,13-15,17H,3-9,12H2,1-2H3,(H,25,26,27);8,10-12H,3-6,9H2,1-2H3;4H,1-3,5H2/t14-;11-;/m11./s1. The van der Waals surface area contributed by atoms with E-state index in [-0.39, 0.29) is 46.5 Å². The first-order valence-corrected chi connectivity index (χ1v) is 22.7. The Morgan fingerprint density at radius 1 is 0.698 bits per heavy atom. The van der Waals surface area contributed by atoms with E-state index in [1.54, 1.807) is 28.0 Å². The molecule has 0 unspecified atom stereocenters. The largest absolute Gasteiger partial charge is 0.366 e. The molecule has 4 aliphatic carbocycles. The highest BCUT2D eigenvalue weighted by Gasteiger charge is 2.39. The van der Waals surface area contributed by atoms with Crippen LogP contribution in [0.3, 0.4) is 0 Å². The van der Waals surface area contributed by atoms with Gasteiger partial charge in [0.1, 0.15) is 23.3 Å². The predicted molar refractivity (Wildman–Crippen MR) is 238 cm³/mol. The van der Waals surface area contributed by atoms with Crippen LogP contribution < -0.4 is 20.9 Å². The predicted octanol–water partition coefficient (Wildman–Crippen LogP) is 4.51. The second-order valence-electron chi connectivity index (χ2n) is 17.8. The zero-order valence-corrected chi connectivity index (χ0v) is 37.4. The normalized spacial score (nSPS) is 21.1. The van der Waals surface area contributed by atoms with Gasteiger partial charge >= 0.3 is 0 Å². The fourth-order valence-corrected chi connectivity index (χ4v) is 8.44. The highest BCUT2D eigenvalue weighted by molar-refractivity contribution is 6.31. The molecule has 6 fully saturated rings. The summed E-state index contributed by atoms with van der Waals surface area (Å²) in [5.41, 5.74) is 7.68. The number of piperazine rings is 2. The number of halogens is 1. The van der Waals surface area contributed by atoms with Gasteiger partial charge in [0.2, 0.25) is 11.8 Å². The molecule has 4 saturated carbocycles. The van der Waals surface area contributed by atoms with Crippen molar-refractivity contribution in [2.24, 2.45) is 31.7 Å². The Hall–Kier alpha value is -5.85. The van der Waals surface area contributed by atoms with Crippen molar-refractivity contribution in [3.05, 3.63) is 41.1 Å². The fraction of sp³-hybridized carbons (Fsp3) is 0.591. The third-order valence-corrected chi connectivity index (χ3v) is 13.0. The van der Waals surface area contributed by atoms with Crippen molar-refractivity contribution in [1.82, 2.24) is 49.3 Å². The topological polar surface area (TPSA) is 220 Å². The number of rotatable bonds is 8. The minimum atomic E-state index is 0.0500. The van der Waals surface area contributed by atoms with Crippen LogP contribution in [0, 0.1) is 34.5 Å². The molecule has 0 aromatic carbocycles. The maximum Gasteiger partial charge on any atom is 0.226 e. The lowest BCUT2D eigenvalue weighted by atomic mass is 9.93. The van der Waals surface area contributed by atoms with Crippen LogP contribution in [0.4, 0.5) is 17.5 Å². The summed E-state index contributed by atoms with van der Waals surface area (Å²) in [6, 6.07) is 5.51. The van der Waals surface area contributed by atoms with Gasteiger partial charge in [0.05, 0.1) is 23.5 Å². The van der Waals surface area contributed by atoms with Crippen molar-refractivity contribution in [2.45, 2.75) is 102 Å². The lowest BCUT2D eigenvalue weighted by Gasteiger charge is -2.41. The van der Waals surface area contributed by atoms with Crippen molar-refractivity contribution >= 4 is 40.9 Å². The quantitative estimate of drug-likeness (QED) is 0.233. The van der Waals surface area contributed by atoms with Crippen LogP contribution in [-0.4, -0.2) is 125 Å². The zero-order valence-electron chi connectivity index (χ0n) is 36.6. The number of carbonyl (C=O) groups is 2. The van der Waals surface area contributed by atoms with Crippen LogP contribution in [0.15, 0.2) is 24.8 Å². The first kappa shape index (κ1) is 43.8. The summed E-state index contributed by atoms with van der Waals surface area (Å²) in [7, 11) is 3.67. The van der Waals surface area contributed by atoms with Gasteiger partial charge in [0.25, 0.3) is 0 Å². The molecule has 3 N–H and O–H groups in total. The molecular weight excluding hydrogens is 820 g/mol. The first-order chi connectivity index (χ1) is 30.4. The molecule has 4 aromatic heterocycles. The molecule has 0 bridgehead atoms. The van der Waals surface area contributed by atoms with E-state index in [0.29, 0.717) is 86.0 Å². The Bertz CT molecular complexity index is 2390. The van der Waals surface area contributed by atoms with Crippen LogP contribution >= 0.6 is 11.6 Å². The Kier molecular flexibility index (Phi) is 13.1. The summed E-state index contributed by atoms with van der Waals surface area (Å²) in [6.45, 7) is 7.90. The van der Waals surface area contributed by atoms with E-state index in [1.807, 2.05) is 41.9 Å². The number of hydrogen-bond acceptors (Lipinski definition) is 14. The van der Waals surface area contributed by atoms with Crippen LogP contribution in [0.25, 0.3) is 22.8 Å². The maximum atomic E-state index is 12.6. The second-order valence-corrected chi connectivity index (χ2v) is 18.2. The molecule has 0 spiro atoms. The van der Waals surface area contributed by atoms with Crippen molar-refractivity contribution in [3.8, 4) is 34.9 Å².